The molecule has 0 atom stereocenters. The van der Waals surface area contributed by atoms with Crippen molar-refractivity contribution in [3.63, 3.8) is 0 Å². The number of hydrogen-bond acceptors (Lipinski definition) is 3. The van der Waals surface area contributed by atoms with Crippen molar-refractivity contribution in [3.05, 3.63) is 29.8 Å². The Morgan fingerprint density at radius 3 is 2.83 bits per heavy atom. The molecule has 1 aromatic rings. The van der Waals surface area contributed by atoms with Gasteiger partial charge in [-0.15, -0.1) is 0 Å². The third-order valence-corrected chi connectivity index (χ3v) is 1.42. The molecule has 0 unspecified atom stereocenters. The van der Waals surface area contributed by atoms with Gasteiger partial charge in [0, 0.05) is 0 Å². The highest BCUT2D eigenvalue weighted by Gasteiger charge is 2.00. The second-order valence-corrected chi connectivity index (χ2v) is 2.47. The lowest BCUT2D eigenvalue weighted by atomic mass is 10.4. The highest BCUT2D eigenvalue weighted by Crippen LogP contribution is 2.10. The zero-order chi connectivity index (χ0) is 8.97. The lowest BCUT2D eigenvalue weighted by molar-refractivity contribution is 0.297. The fraction of sp³-hybridized carbons (Fsp3) is 0.250. The molecule has 0 bridgehead atoms. The summed E-state index contributed by atoms with van der Waals surface area (Å²) in [6.07, 6.45) is 2.99. The van der Waals surface area contributed by atoms with Crippen molar-refractivity contribution < 1.29 is 4.74 Å². The molecule has 1 aromatic heterocycles. The van der Waals surface area contributed by atoms with Gasteiger partial charge in [0.05, 0.1) is 19.0 Å². The third kappa shape index (κ3) is 2.20. The Kier molecular flexibility index (Phi) is 3.05. The van der Waals surface area contributed by atoms with Gasteiger partial charge in [-0.2, -0.15) is 0 Å². The van der Waals surface area contributed by atoms with Gasteiger partial charge >= 0.3 is 0 Å². The van der Waals surface area contributed by atoms with Gasteiger partial charge in [-0.05, 0) is 6.92 Å². The highest BCUT2D eigenvalue weighted by molar-refractivity contribution is 6.29. The number of ether oxygens (including phenoxy) is 1. The minimum absolute atomic E-state index is 0.364. The molecule has 64 valence electrons. The molecule has 0 aromatic carbocycles. The Balaban J connectivity index is 2.75. The predicted octanol–water partition coefficient (Wildman–Crippen LogP) is 2.14. The van der Waals surface area contributed by atoms with Crippen LogP contribution in [0.25, 0.3) is 5.76 Å². The maximum Gasteiger partial charge on any atom is 0.147 e. The van der Waals surface area contributed by atoms with E-state index in [1.165, 1.54) is 12.4 Å². The molecule has 0 radical (unpaired) electrons. The second kappa shape index (κ2) is 4.07. The number of nitrogens with zero attached hydrogens (tertiary/aromatic N) is 2. The Bertz CT molecular complexity index is 271. The standard InChI is InChI=1S/C8H9ClN2O/c1-3-12-6(2)7-4-11-8(9)5-10-7/h4-5H,2-3H2,1H3. The largest absolute Gasteiger partial charge is 0.492 e. The molecule has 0 aliphatic carbocycles. The summed E-state index contributed by atoms with van der Waals surface area (Å²) < 4.78 is 5.13. The summed E-state index contributed by atoms with van der Waals surface area (Å²) >= 11 is 5.55. The topological polar surface area (TPSA) is 35.0 Å². The van der Waals surface area contributed by atoms with Gasteiger partial charge in [0.25, 0.3) is 0 Å². The van der Waals surface area contributed by atoms with E-state index in [0.717, 1.165) is 0 Å². The Hall–Kier alpha value is -1.09. The zero-order valence-corrected chi connectivity index (χ0v) is 7.51. The quantitative estimate of drug-likeness (QED) is 0.676. The molecule has 0 aliphatic heterocycles. The van der Waals surface area contributed by atoms with E-state index >= 15 is 0 Å². The van der Waals surface area contributed by atoms with E-state index in [1.807, 2.05) is 6.92 Å². The first-order valence-corrected chi connectivity index (χ1v) is 3.91. The minimum Gasteiger partial charge on any atom is -0.492 e. The van der Waals surface area contributed by atoms with Crippen LogP contribution in [0.4, 0.5) is 0 Å². The molecular weight excluding hydrogens is 176 g/mol. The zero-order valence-electron chi connectivity index (χ0n) is 6.75. The lowest BCUT2D eigenvalue weighted by Gasteiger charge is -2.04. The summed E-state index contributed by atoms with van der Waals surface area (Å²) in [6.45, 7) is 6.13. The number of hydrogen-bond donors (Lipinski definition) is 0. The van der Waals surface area contributed by atoms with Crippen LogP contribution in [0, 0.1) is 0 Å². The van der Waals surface area contributed by atoms with Gasteiger partial charge in [-0.3, -0.25) is 0 Å². The molecule has 0 aliphatic rings. The van der Waals surface area contributed by atoms with Crippen molar-refractivity contribution in [2.24, 2.45) is 0 Å². The van der Waals surface area contributed by atoms with E-state index < -0.39 is 0 Å². The summed E-state index contributed by atoms with van der Waals surface area (Å²) in [4.78, 5) is 7.82. The Morgan fingerprint density at radius 1 is 1.58 bits per heavy atom. The molecule has 0 N–H and O–H groups in total. The van der Waals surface area contributed by atoms with E-state index in [0.29, 0.717) is 23.2 Å². The first kappa shape index (κ1) is 9.00. The number of aromatic nitrogens is 2. The van der Waals surface area contributed by atoms with Gasteiger partial charge in [0.1, 0.15) is 16.6 Å². The van der Waals surface area contributed by atoms with Crippen molar-refractivity contribution in [2.45, 2.75) is 6.92 Å². The van der Waals surface area contributed by atoms with Crippen molar-refractivity contribution in [3.8, 4) is 0 Å². The van der Waals surface area contributed by atoms with Gasteiger partial charge in [-0.25, -0.2) is 9.97 Å². The van der Waals surface area contributed by atoms with Crippen molar-refractivity contribution in [1.29, 1.82) is 0 Å². The summed E-state index contributed by atoms with van der Waals surface area (Å²) in [7, 11) is 0. The summed E-state index contributed by atoms with van der Waals surface area (Å²) in [5.41, 5.74) is 0.612. The molecule has 12 heavy (non-hydrogen) atoms. The molecule has 0 saturated heterocycles. The van der Waals surface area contributed by atoms with Crippen LogP contribution < -0.4 is 0 Å². The predicted molar refractivity (Wildman–Crippen MR) is 47.7 cm³/mol. The number of rotatable bonds is 3. The van der Waals surface area contributed by atoms with E-state index in [1.54, 1.807) is 0 Å². The van der Waals surface area contributed by atoms with Crippen LogP contribution in [-0.4, -0.2) is 16.6 Å². The number of halogens is 1. The molecule has 1 rings (SSSR count). The Labute approximate surface area is 76.1 Å². The third-order valence-electron chi connectivity index (χ3n) is 1.22. The van der Waals surface area contributed by atoms with Crippen LogP contribution in [0.3, 0.4) is 0 Å². The molecule has 4 heteroatoms. The van der Waals surface area contributed by atoms with E-state index in [-0.39, 0.29) is 0 Å². The first-order chi connectivity index (χ1) is 5.74. The van der Waals surface area contributed by atoms with Gasteiger partial charge in [-0.1, -0.05) is 18.2 Å². The normalized spacial score (nSPS) is 9.50. The van der Waals surface area contributed by atoms with Crippen LogP contribution >= 0.6 is 11.6 Å². The molecule has 0 spiro atoms. The summed E-state index contributed by atoms with van der Waals surface area (Å²) in [5.74, 6) is 0.515. The summed E-state index contributed by atoms with van der Waals surface area (Å²) in [6, 6.07) is 0. The molecule has 1 heterocycles. The lowest BCUT2D eigenvalue weighted by Crippen LogP contribution is -1.93. The van der Waals surface area contributed by atoms with Crippen LogP contribution in [0.5, 0.6) is 0 Å². The molecule has 0 saturated carbocycles. The Morgan fingerprint density at radius 2 is 2.33 bits per heavy atom. The van der Waals surface area contributed by atoms with Crippen LogP contribution in [0.2, 0.25) is 5.15 Å². The maximum absolute atomic E-state index is 5.55. The van der Waals surface area contributed by atoms with Crippen LogP contribution in [-0.2, 0) is 4.74 Å². The SMILES string of the molecule is C=C(OCC)c1cnc(Cl)cn1. The molecule has 0 fully saturated rings. The van der Waals surface area contributed by atoms with E-state index in [9.17, 15) is 0 Å². The van der Waals surface area contributed by atoms with E-state index in [2.05, 4.69) is 16.5 Å². The van der Waals surface area contributed by atoms with Crippen molar-refractivity contribution in [2.75, 3.05) is 6.61 Å². The van der Waals surface area contributed by atoms with Gasteiger partial charge in [0.15, 0.2) is 0 Å². The monoisotopic (exact) mass is 184 g/mol. The van der Waals surface area contributed by atoms with Gasteiger partial charge in [0.2, 0.25) is 0 Å². The molecule has 0 amide bonds. The van der Waals surface area contributed by atoms with Gasteiger partial charge < -0.3 is 4.74 Å². The fourth-order valence-corrected chi connectivity index (χ4v) is 0.802. The smallest absolute Gasteiger partial charge is 0.147 e. The molecular formula is C8H9ClN2O. The average molecular weight is 185 g/mol. The van der Waals surface area contributed by atoms with Crippen molar-refractivity contribution >= 4 is 17.4 Å². The second-order valence-electron chi connectivity index (χ2n) is 2.08. The average Bonchev–Trinajstić information content (AvgIpc) is 2.06. The van der Waals surface area contributed by atoms with E-state index in [4.69, 9.17) is 16.3 Å². The van der Waals surface area contributed by atoms with Crippen LogP contribution in [0.15, 0.2) is 19.0 Å². The minimum atomic E-state index is 0.364. The molecule has 3 nitrogen and oxygen atoms in total. The van der Waals surface area contributed by atoms with Crippen molar-refractivity contribution in [1.82, 2.24) is 9.97 Å². The summed E-state index contributed by atoms with van der Waals surface area (Å²) in [5, 5.41) is 0.364. The first-order valence-electron chi connectivity index (χ1n) is 3.53. The fourth-order valence-electron chi connectivity index (χ4n) is 0.704. The maximum atomic E-state index is 5.55. The van der Waals surface area contributed by atoms with Crippen LogP contribution in [0.1, 0.15) is 12.6 Å². The highest BCUT2D eigenvalue weighted by atomic mass is 35.5.